The number of aliphatic carboxylic acids is 1. The van der Waals surface area contributed by atoms with Crippen molar-refractivity contribution in [1.82, 2.24) is 20.2 Å². The zero-order valence-electron chi connectivity index (χ0n) is 8.98. The van der Waals surface area contributed by atoms with E-state index in [1.165, 1.54) is 0 Å². The summed E-state index contributed by atoms with van der Waals surface area (Å²) < 4.78 is 12.9. The molecule has 0 atom stereocenters. The lowest BCUT2D eigenvalue weighted by atomic mass is 10.2. The van der Waals surface area contributed by atoms with Crippen LogP contribution in [-0.4, -0.2) is 52.8 Å². The minimum absolute atomic E-state index is 0.0565. The van der Waals surface area contributed by atoms with Crippen LogP contribution < -0.4 is 0 Å². The first-order chi connectivity index (χ1) is 8.16. The molecular weight excluding hydrogens is 264 g/mol. The van der Waals surface area contributed by atoms with E-state index in [1.54, 1.807) is 4.68 Å². The molecule has 2 rings (SSSR count). The summed E-state index contributed by atoms with van der Waals surface area (Å²) in [6, 6.07) is 0.138. The Morgan fingerprint density at radius 3 is 2.88 bits per heavy atom. The van der Waals surface area contributed by atoms with Gasteiger partial charge >= 0.3 is 5.97 Å². The zero-order chi connectivity index (χ0) is 12.3. The summed E-state index contributed by atoms with van der Waals surface area (Å²) >= 11 is 1.11. The third-order valence-corrected chi connectivity index (χ3v) is 4.79. The van der Waals surface area contributed by atoms with E-state index in [4.69, 9.17) is 5.11 Å². The first-order valence-corrected chi connectivity index (χ1v) is 7.61. The van der Waals surface area contributed by atoms with Crippen molar-refractivity contribution >= 4 is 28.5 Å². The number of carboxylic acids is 1. The lowest BCUT2D eigenvalue weighted by Gasteiger charge is -2.21. The lowest BCUT2D eigenvalue weighted by molar-refractivity contribution is -0.133. The first-order valence-electron chi connectivity index (χ1n) is 5.14. The maximum atomic E-state index is 11.2. The van der Waals surface area contributed by atoms with Crippen LogP contribution in [-0.2, 0) is 15.6 Å². The second-order valence-corrected chi connectivity index (χ2v) is 6.31. The standard InChI is InChI=1S/C8H12N4O3S2/c13-7(14)5-16-8-9-10-11-12(8)6-1-3-17(15)4-2-6/h6H,1-5H2,(H,13,14). The molecule has 0 bridgehead atoms. The van der Waals surface area contributed by atoms with Gasteiger partial charge in [-0.2, -0.15) is 0 Å². The number of hydrogen-bond donors (Lipinski definition) is 1. The van der Waals surface area contributed by atoms with E-state index in [2.05, 4.69) is 15.5 Å². The Labute approximate surface area is 104 Å². The minimum atomic E-state index is -0.894. The van der Waals surface area contributed by atoms with Crippen molar-refractivity contribution in [3.05, 3.63) is 0 Å². The van der Waals surface area contributed by atoms with E-state index in [0.717, 1.165) is 24.6 Å². The minimum Gasteiger partial charge on any atom is -0.481 e. The molecule has 9 heteroatoms. The summed E-state index contributed by atoms with van der Waals surface area (Å²) in [6.07, 6.45) is 1.55. The van der Waals surface area contributed by atoms with Gasteiger partial charge in [-0.3, -0.25) is 9.00 Å². The highest BCUT2D eigenvalue weighted by atomic mass is 32.2. The summed E-state index contributed by atoms with van der Waals surface area (Å²) in [4.78, 5) is 10.5. The number of carboxylic acid groups (broad SMARTS) is 1. The highest BCUT2D eigenvalue weighted by Gasteiger charge is 2.23. The quantitative estimate of drug-likeness (QED) is 0.769. The van der Waals surface area contributed by atoms with Gasteiger partial charge in [0.25, 0.3) is 0 Å². The van der Waals surface area contributed by atoms with Crippen LogP contribution in [0.2, 0.25) is 0 Å². The summed E-state index contributed by atoms with van der Waals surface area (Å²) in [5.41, 5.74) is 0. The van der Waals surface area contributed by atoms with Gasteiger partial charge in [-0.15, -0.1) is 5.10 Å². The third-order valence-electron chi connectivity index (χ3n) is 2.49. The van der Waals surface area contributed by atoms with Crippen LogP contribution in [0, 0.1) is 0 Å². The molecule has 0 radical (unpaired) electrons. The molecule has 1 aromatic heterocycles. The predicted molar refractivity (Wildman–Crippen MR) is 62.3 cm³/mol. The molecule has 1 aliphatic heterocycles. The maximum Gasteiger partial charge on any atom is 0.313 e. The van der Waals surface area contributed by atoms with Crippen molar-refractivity contribution in [2.45, 2.75) is 24.0 Å². The molecule has 0 amide bonds. The number of nitrogens with zero attached hydrogens (tertiary/aromatic N) is 4. The van der Waals surface area contributed by atoms with Crippen LogP contribution in [0.15, 0.2) is 5.16 Å². The number of carbonyl (C=O) groups is 1. The van der Waals surface area contributed by atoms with Crippen molar-refractivity contribution in [3.8, 4) is 0 Å². The second kappa shape index (κ2) is 5.58. The molecule has 7 nitrogen and oxygen atoms in total. The highest BCUT2D eigenvalue weighted by Crippen LogP contribution is 2.25. The molecule has 17 heavy (non-hydrogen) atoms. The molecule has 0 aliphatic carbocycles. The fraction of sp³-hybridized carbons (Fsp3) is 0.750. The SMILES string of the molecule is O=C(O)CSc1nnnn1C1CCS(=O)CC1. The van der Waals surface area contributed by atoms with Crippen molar-refractivity contribution in [2.75, 3.05) is 17.3 Å². The topological polar surface area (TPSA) is 98.0 Å². The molecule has 1 fully saturated rings. The number of rotatable bonds is 4. The van der Waals surface area contributed by atoms with Crippen LogP contribution in [0.25, 0.3) is 0 Å². The predicted octanol–water partition coefficient (Wildman–Crippen LogP) is -0.0666. The molecule has 1 N–H and O–H groups in total. The molecule has 0 aromatic carbocycles. The van der Waals surface area contributed by atoms with Crippen LogP contribution >= 0.6 is 11.8 Å². The Morgan fingerprint density at radius 1 is 1.53 bits per heavy atom. The van der Waals surface area contributed by atoms with E-state index < -0.39 is 16.8 Å². The summed E-state index contributed by atoms with van der Waals surface area (Å²) in [5.74, 6) is 0.370. The largest absolute Gasteiger partial charge is 0.481 e. The van der Waals surface area contributed by atoms with Gasteiger partial charge < -0.3 is 5.11 Å². The van der Waals surface area contributed by atoms with Crippen molar-refractivity contribution in [2.24, 2.45) is 0 Å². The summed E-state index contributed by atoms with van der Waals surface area (Å²) in [7, 11) is -0.723. The molecule has 0 saturated carbocycles. The van der Waals surface area contributed by atoms with Gasteiger partial charge in [0.1, 0.15) is 0 Å². The van der Waals surface area contributed by atoms with Gasteiger partial charge in [0, 0.05) is 22.3 Å². The van der Waals surface area contributed by atoms with Gasteiger partial charge in [-0.1, -0.05) is 11.8 Å². The number of hydrogen-bond acceptors (Lipinski definition) is 6. The average molecular weight is 276 g/mol. The van der Waals surface area contributed by atoms with Gasteiger partial charge in [-0.05, 0) is 23.3 Å². The zero-order valence-corrected chi connectivity index (χ0v) is 10.6. The molecule has 1 saturated heterocycles. The Kier molecular flexibility index (Phi) is 4.11. The van der Waals surface area contributed by atoms with E-state index in [-0.39, 0.29) is 11.8 Å². The van der Waals surface area contributed by atoms with Crippen LogP contribution in [0.4, 0.5) is 0 Å². The molecule has 2 heterocycles. The molecule has 0 unspecified atom stereocenters. The normalized spacial score (nSPS) is 24.7. The average Bonchev–Trinajstić information content (AvgIpc) is 2.75. The monoisotopic (exact) mass is 276 g/mol. The highest BCUT2D eigenvalue weighted by molar-refractivity contribution is 7.99. The van der Waals surface area contributed by atoms with E-state index in [1.807, 2.05) is 0 Å². The van der Waals surface area contributed by atoms with Gasteiger partial charge in [0.2, 0.25) is 5.16 Å². The van der Waals surface area contributed by atoms with Gasteiger partial charge in [-0.25, -0.2) is 4.68 Å². The molecular formula is C8H12N4O3S2. The Balaban J connectivity index is 2.02. The molecule has 1 aromatic rings. The third kappa shape index (κ3) is 3.25. The Morgan fingerprint density at radius 2 is 2.24 bits per heavy atom. The van der Waals surface area contributed by atoms with Crippen LogP contribution in [0.5, 0.6) is 0 Å². The number of tetrazole rings is 1. The molecule has 0 spiro atoms. The smallest absolute Gasteiger partial charge is 0.313 e. The van der Waals surface area contributed by atoms with Crippen molar-refractivity contribution in [1.29, 1.82) is 0 Å². The van der Waals surface area contributed by atoms with Gasteiger partial charge in [0.05, 0.1) is 11.8 Å². The van der Waals surface area contributed by atoms with Crippen LogP contribution in [0.1, 0.15) is 18.9 Å². The maximum absolute atomic E-state index is 11.2. The second-order valence-electron chi connectivity index (χ2n) is 3.67. The first kappa shape index (κ1) is 12.5. The number of thioether (sulfide) groups is 1. The van der Waals surface area contributed by atoms with Gasteiger partial charge in [0.15, 0.2) is 0 Å². The fourth-order valence-corrected chi connectivity index (χ4v) is 3.60. The Hall–Kier alpha value is -0.960. The molecule has 94 valence electrons. The van der Waals surface area contributed by atoms with E-state index in [9.17, 15) is 9.00 Å². The summed E-state index contributed by atoms with van der Waals surface area (Å²) in [6.45, 7) is 0. The fourth-order valence-electron chi connectivity index (χ4n) is 1.66. The summed E-state index contributed by atoms with van der Waals surface area (Å²) in [5, 5.41) is 20.4. The Bertz CT molecular complexity index is 426. The van der Waals surface area contributed by atoms with Crippen molar-refractivity contribution < 1.29 is 14.1 Å². The lowest BCUT2D eigenvalue weighted by Crippen LogP contribution is -2.23. The van der Waals surface area contributed by atoms with E-state index >= 15 is 0 Å². The number of aromatic nitrogens is 4. The van der Waals surface area contributed by atoms with Crippen molar-refractivity contribution in [3.63, 3.8) is 0 Å². The molecule has 1 aliphatic rings. The van der Waals surface area contributed by atoms with E-state index in [0.29, 0.717) is 16.7 Å². The van der Waals surface area contributed by atoms with Crippen LogP contribution in [0.3, 0.4) is 0 Å².